The number of benzene rings is 2. The molecule has 43 heavy (non-hydrogen) atoms. The lowest BCUT2D eigenvalue weighted by molar-refractivity contribution is -0.143. The van der Waals surface area contributed by atoms with E-state index in [1.54, 1.807) is 30.3 Å². The van der Waals surface area contributed by atoms with Crippen LogP contribution in [0.2, 0.25) is 0 Å². The molecular formula is C29H26F6N2O6. The number of carboxylic acid groups (broad SMARTS) is 1. The second-order valence-electron chi connectivity index (χ2n) is 9.79. The molecule has 2 heterocycles. The minimum Gasteiger partial charge on any atom is -0.496 e. The molecule has 8 nitrogen and oxygen atoms in total. The smallest absolute Gasteiger partial charge is 0.416 e. The number of aliphatic carboxylic acids is 1. The van der Waals surface area contributed by atoms with E-state index < -0.39 is 53.3 Å². The standard InChI is InChI=1S/C29H26F6N2O6/c1-15-26(17-11-18(28(30,31)32)13-19(12-17)29(33,34)35)43-27(40)37(15)14-22-20(6-8-24(36-22)42-3)21-10-16(5-9-25(38)39)4-7-23(21)41-2/h4,6-8,10-13,15,26H,5,9,14H2,1-3H3,(H,38,39)/t15-,26+/m0/s1. The number of carboxylic acids is 1. The lowest BCUT2D eigenvalue weighted by atomic mass is 9.96. The molecule has 1 saturated heterocycles. The van der Waals surface area contributed by atoms with Crippen LogP contribution >= 0.6 is 0 Å². The highest BCUT2D eigenvalue weighted by Gasteiger charge is 2.43. The number of cyclic esters (lactones) is 1. The number of alkyl halides is 6. The zero-order valence-electron chi connectivity index (χ0n) is 23.0. The van der Waals surface area contributed by atoms with E-state index in [0.29, 0.717) is 34.6 Å². The average Bonchev–Trinajstić information content (AvgIpc) is 3.23. The molecule has 0 spiro atoms. The van der Waals surface area contributed by atoms with E-state index in [9.17, 15) is 35.9 Å². The summed E-state index contributed by atoms with van der Waals surface area (Å²) in [6.45, 7) is 1.19. The van der Waals surface area contributed by atoms with Gasteiger partial charge in [-0.3, -0.25) is 9.69 Å². The fourth-order valence-corrected chi connectivity index (χ4v) is 4.80. The molecule has 1 amide bonds. The zero-order chi connectivity index (χ0) is 31.7. The number of halogens is 6. The van der Waals surface area contributed by atoms with Crippen LogP contribution in [0.4, 0.5) is 31.1 Å². The largest absolute Gasteiger partial charge is 0.496 e. The first-order valence-corrected chi connectivity index (χ1v) is 12.8. The van der Waals surface area contributed by atoms with Crippen LogP contribution in [0.3, 0.4) is 0 Å². The zero-order valence-corrected chi connectivity index (χ0v) is 23.0. The van der Waals surface area contributed by atoms with Crippen molar-refractivity contribution in [2.24, 2.45) is 0 Å². The van der Waals surface area contributed by atoms with Gasteiger partial charge in [0.15, 0.2) is 0 Å². The third-order valence-corrected chi connectivity index (χ3v) is 6.99. The Morgan fingerprint density at radius 1 is 0.953 bits per heavy atom. The van der Waals surface area contributed by atoms with Crippen molar-refractivity contribution >= 4 is 12.1 Å². The molecule has 2 atom stereocenters. The van der Waals surface area contributed by atoms with E-state index in [0.717, 1.165) is 4.90 Å². The summed E-state index contributed by atoms with van der Waals surface area (Å²) in [5.41, 5.74) is -1.58. The quantitative estimate of drug-likeness (QED) is 0.263. The van der Waals surface area contributed by atoms with Gasteiger partial charge in [-0.25, -0.2) is 9.78 Å². The van der Waals surface area contributed by atoms with Gasteiger partial charge in [-0.2, -0.15) is 26.3 Å². The highest BCUT2D eigenvalue weighted by molar-refractivity contribution is 5.76. The molecule has 2 aromatic carbocycles. The molecular weight excluding hydrogens is 586 g/mol. The van der Waals surface area contributed by atoms with Crippen LogP contribution in [0.5, 0.6) is 11.6 Å². The van der Waals surface area contributed by atoms with Gasteiger partial charge >= 0.3 is 24.4 Å². The Balaban J connectivity index is 1.73. The van der Waals surface area contributed by atoms with Crippen molar-refractivity contribution in [2.45, 2.75) is 50.8 Å². The second kappa shape index (κ2) is 12.0. The average molecular weight is 613 g/mol. The molecule has 14 heteroatoms. The first-order valence-electron chi connectivity index (χ1n) is 12.8. The Morgan fingerprint density at radius 2 is 1.60 bits per heavy atom. The van der Waals surface area contributed by atoms with E-state index in [4.69, 9.17) is 19.3 Å². The first kappa shape index (κ1) is 31.4. The van der Waals surface area contributed by atoms with Gasteiger partial charge in [0, 0.05) is 23.6 Å². The number of methoxy groups -OCH3 is 2. The molecule has 1 N–H and O–H groups in total. The number of rotatable bonds is 9. The van der Waals surface area contributed by atoms with Crippen molar-refractivity contribution < 1.29 is 55.2 Å². The number of carbonyl (C=O) groups is 2. The number of amides is 1. The normalized spacial score (nSPS) is 17.1. The maximum absolute atomic E-state index is 13.5. The van der Waals surface area contributed by atoms with E-state index >= 15 is 0 Å². The summed E-state index contributed by atoms with van der Waals surface area (Å²) < 4.78 is 96.9. The summed E-state index contributed by atoms with van der Waals surface area (Å²) in [7, 11) is 2.80. The molecule has 1 fully saturated rings. The van der Waals surface area contributed by atoms with Gasteiger partial charge in [-0.1, -0.05) is 6.07 Å². The summed E-state index contributed by atoms with van der Waals surface area (Å²) in [5.74, 6) is -0.404. The molecule has 230 valence electrons. The van der Waals surface area contributed by atoms with Crippen LogP contribution in [-0.2, 0) is 34.8 Å². The SMILES string of the molecule is COc1ccc(-c2cc(CCC(=O)O)ccc2OC)c(CN2C(=O)O[C@@H](c3cc(C(F)(F)F)cc(C(F)(F)F)c3)[C@@H]2C)n1. The predicted molar refractivity (Wildman–Crippen MR) is 139 cm³/mol. The van der Waals surface area contributed by atoms with Crippen molar-refractivity contribution in [3.63, 3.8) is 0 Å². The summed E-state index contributed by atoms with van der Waals surface area (Å²) in [5, 5.41) is 9.08. The molecule has 0 bridgehead atoms. The van der Waals surface area contributed by atoms with Gasteiger partial charge in [0.2, 0.25) is 5.88 Å². The first-order chi connectivity index (χ1) is 20.1. The van der Waals surface area contributed by atoms with E-state index in [1.165, 1.54) is 21.1 Å². The lowest BCUT2D eigenvalue weighted by Crippen LogP contribution is -2.32. The summed E-state index contributed by atoms with van der Waals surface area (Å²) in [6, 6.07) is 8.35. The Kier molecular flexibility index (Phi) is 8.79. The topological polar surface area (TPSA) is 98.2 Å². The van der Waals surface area contributed by atoms with Gasteiger partial charge in [0.05, 0.1) is 43.6 Å². The summed E-state index contributed by atoms with van der Waals surface area (Å²) in [4.78, 5) is 29.7. The fourth-order valence-electron chi connectivity index (χ4n) is 4.80. The molecule has 0 radical (unpaired) electrons. The minimum absolute atomic E-state index is 0.00706. The summed E-state index contributed by atoms with van der Waals surface area (Å²) in [6.07, 6.45) is -12.5. The van der Waals surface area contributed by atoms with Gasteiger partial charge < -0.3 is 19.3 Å². The summed E-state index contributed by atoms with van der Waals surface area (Å²) >= 11 is 0. The lowest BCUT2D eigenvalue weighted by Gasteiger charge is -2.23. The van der Waals surface area contributed by atoms with Crippen LogP contribution in [0.15, 0.2) is 48.5 Å². The molecule has 0 aliphatic carbocycles. The van der Waals surface area contributed by atoms with Crippen LogP contribution in [0.1, 0.15) is 47.4 Å². The van der Waals surface area contributed by atoms with Gasteiger partial charge in [-0.05, 0) is 60.9 Å². The Bertz CT molecular complexity index is 1490. The third-order valence-electron chi connectivity index (χ3n) is 6.99. The Labute approximate surface area is 241 Å². The monoisotopic (exact) mass is 612 g/mol. The van der Waals surface area contributed by atoms with Crippen molar-refractivity contribution in [1.29, 1.82) is 0 Å². The molecule has 0 saturated carbocycles. The minimum atomic E-state index is -5.07. The predicted octanol–water partition coefficient (Wildman–Crippen LogP) is 6.90. The van der Waals surface area contributed by atoms with Crippen LogP contribution in [0.25, 0.3) is 11.1 Å². The van der Waals surface area contributed by atoms with Gasteiger partial charge in [-0.15, -0.1) is 0 Å². The molecule has 3 aromatic rings. The molecule has 1 aromatic heterocycles. The molecule has 0 unspecified atom stereocenters. The maximum Gasteiger partial charge on any atom is 0.416 e. The van der Waals surface area contributed by atoms with E-state index in [-0.39, 0.29) is 37.0 Å². The number of hydrogen-bond acceptors (Lipinski definition) is 6. The molecule has 1 aliphatic heterocycles. The van der Waals surface area contributed by atoms with Crippen molar-refractivity contribution in [3.8, 4) is 22.8 Å². The Hall–Kier alpha value is -4.49. The number of nitrogens with zero attached hydrogens (tertiary/aromatic N) is 2. The third kappa shape index (κ3) is 6.95. The fraction of sp³-hybridized carbons (Fsp3) is 0.345. The van der Waals surface area contributed by atoms with Crippen LogP contribution < -0.4 is 9.47 Å². The van der Waals surface area contributed by atoms with Crippen LogP contribution in [-0.4, -0.2) is 47.3 Å². The molecule has 4 rings (SSSR count). The number of carbonyl (C=O) groups excluding carboxylic acids is 1. The van der Waals surface area contributed by atoms with Gasteiger partial charge in [0.1, 0.15) is 11.9 Å². The number of pyridine rings is 1. The number of aromatic nitrogens is 1. The maximum atomic E-state index is 13.5. The number of hydrogen-bond donors (Lipinski definition) is 1. The van der Waals surface area contributed by atoms with Crippen molar-refractivity contribution in [3.05, 3.63) is 76.5 Å². The van der Waals surface area contributed by atoms with E-state index in [2.05, 4.69) is 4.98 Å². The number of aryl methyl sites for hydroxylation is 1. The molecule has 1 aliphatic rings. The second-order valence-corrected chi connectivity index (χ2v) is 9.79. The van der Waals surface area contributed by atoms with Crippen molar-refractivity contribution in [1.82, 2.24) is 9.88 Å². The van der Waals surface area contributed by atoms with E-state index in [1.807, 2.05) is 0 Å². The van der Waals surface area contributed by atoms with Crippen molar-refractivity contribution in [2.75, 3.05) is 14.2 Å². The van der Waals surface area contributed by atoms with Crippen LogP contribution in [0, 0.1) is 0 Å². The number of ether oxygens (including phenoxy) is 3. The van der Waals surface area contributed by atoms with Gasteiger partial charge in [0.25, 0.3) is 0 Å². The highest BCUT2D eigenvalue weighted by atomic mass is 19.4. The Morgan fingerprint density at radius 3 is 2.16 bits per heavy atom. The highest BCUT2D eigenvalue weighted by Crippen LogP contribution is 2.42.